The van der Waals surface area contributed by atoms with Crippen LogP contribution in [-0.4, -0.2) is 30.8 Å². The van der Waals surface area contributed by atoms with Crippen LogP contribution in [0.4, 0.5) is 0 Å². The lowest BCUT2D eigenvalue weighted by Gasteiger charge is -2.12. The van der Waals surface area contributed by atoms with Crippen LogP contribution in [0.1, 0.15) is 18.6 Å². The van der Waals surface area contributed by atoms with Crippen LogP contribution in [0.15, 0.2) is 55.5 Å². The van der Waals surface area contributed by atoms with Gasteiger partial charge in [-0.15, -0.1) is 0 Å². The van der Waals surface area contributed by atoms with E-state index < -0.39 is 10.0 Å². The zero-order valence-electron chi connectivity index (χ0n) is 12.8. The highest BCUT2D eigenvalue weighted by atomic mass is 32.2. The number of rotatable bonds is 5. The van der Waals surface area contributed by atoms with Gasteiger partial charge in [-0.3, -0.25) is 0 Å². The molecular weight excluding hydrogens is 348 g/mol. The second-order valence-corrected chi connectivity index (χ2v) is 8.36. The minimum Gasteiger partial charge on any atom is -0.447 e. The van der Waals surface area contributed by atoms with Crippen LogP contribution >= 0.6 is 11.8 Å². The van der Waals surface area contributed by atoms with E-state index in [9.17, 15) is 8.42 Å². The molecule has 3 aromatic rings. The number of thioether (sulfide) groups is 1. The number of sulfonamides is 1. The first-order valence-electron chi connectivity index (χ1n) is 7.70. The summed E-state index contributed by atoms with van der Waals surface area (Å²) in [6.07, 6.45) is 1.81. The fourth-order valence-electron chi connectivity index (χ4n) is 2.68. The van der Waals surface area contributed by atoms with Gasteiger partial charge in [-0.25, -0.2) is 13.4 Å². The van der Waals surface area contributed by atoms with Gasteiger partial charge in [-0.2, -0.15) is 4.31 Å². The molecule has 0 atom stereocenters. The molecule has 0 aliphatic carbocycles. The molecule has 0 N–H and O–H groups in total. The van der Waals surface area contributed by atoms with Crippen molar-refractivity contribution in [2.75, 3.05) is 13.1 Å². The van der Waals surface area contributed by atoms with Gasteiger partial charge in [-0.1, -0.05) is 23.9 Å². The Balaban J connectivity index is 1.47. The summed E-state index contributed by atoms with van der Waals surface area (Å²) in [5.74, 6) is 1.04. The maximum Gasteiger partial charge on any atom is 0.276 e. The Bertz CT molecular complexity index is 922. The van der Waals surface area contributed by atoms with Gasteiger partial charge < -0.3 is 8.83 Å². The van der Waals surface area contributed by atoms with Crippen LogP contribution in [0.5, 0.6) is 0 Å². The van der Waals surface area contributed by atoms with E-state index >= 15 is 0 Å². The van der Waals surface area contributed by atoms with E-state index in [1.54, 1.807) is 6.07 Å². The number of nitrogens with zero attached hydrogens (tertiary/aromatic N) is 2. The molecule has 6 nitrogen and oxygen atoms in total. The predicted molar refractivity (Wildman–Crippen MR) is 90.3 cm³/mol. The van der Waals surface area contributed by atoms with Crippen LogP contribution < -0.4 is 0 Å². The summed E-state index contributed by atoms with van der Waals surface area (Å²) in [5.41, 5.74) is 1.54. The number of para-hydroxylation sites is 2. The van der Waals surface area contributed by atoms with Crippen LogP contribution in [0.3, 0.4) is 0 Å². The molecule has 0 bridgehead atoms. The number of hydrogen-bond donors (Lipinski definition) is 0. The first-order chi connectivity index (χ1) is 11.6. The molecule has 0 radical (unpaired) electrons. The molecule has 0 spiro atoms. The van der Waals surface area contributed by atoms with Crippen molar-refractivity contribution in [2.24, 2.45) is 0 Å². The Labute approximate surface area is 143 Å². The van der Waals surface area contributed by atoms with Crippen LogP contribution in [0.25, 0.3) is 11.1 Å². The number of benzene rings is 1. The number of furan rings is 1. The van der Waals surface area contributed by atoms with E-state index in [4.69, 9.17) is 8.83 Å². The summed E-state index contributed by atoms with van der Waals surface area (Å²) in [6, 6.07) is 10.8. The van der Waals surface area contributed by atoms with E-state index in [1.807, 2.05) is 24.3 Å². The van der Waals surface area contributed by atoms with Crippen molar-refractivity contribution in [1.29, 1.82) is 0 Å². The molecule has 1 fully saturated rings. The maximum absolute atomic E-state index is 12.4. The van der Waals surface area contributed by atoms with Gasteiger partial charge in [0.15, 0.2) is 5.58 Å². The predicted octanol–water partition coefficient (Wildman–Crippen LogP) is 3.50. The quantitative estimate of drug-likeness (QED) is 0.645. The zero-order chi connectivity index (χ0) is 16.6. The Morgan fingerprint density at radius 3 is 2.67 bits per heavy atom. The first kappa shape index (κ1) is 15.7. The number of oxazole rings is 1. The molecule has 8 heteroatoms. The molecule has 0 amide bonds. The van der Waals surface area contributed by atoms with Crippen molar-refractivity contribution < 1.29 is 17.3 Å². The number of aromatic nitrogens is 1. The lowest BCUT2D eigenvalue weighted by molar-refractivity contribution is 0.396. The summed E-state index contributed by atoms with van der Waals surface area (Å²) in [4.78, 5) is 4.37. The minimum atomic E-state index is -3.50. The van der Waals surface area contributed by atoms with E-state index in [0.717, 1.165) is 23.9 Å². The van der Waals surface area contributed by atoms with Crippen molar-refractivity contribution in [2.45, 2.75) is 28.9 Å². The van der Waals surface area contributed by atoms with Crippen LogP contribution in [-0.2, 0) is 15.8 Å². The summed E-state index contributed by atoms with van der Waals surface area (Å²) in [6.45, 7) is 1.13. The second-order valence-electron chi connectivity index (χ2n) is 5.57. The average Bonchev–Trinajstić information content (AvgIpc) is 3.31. The molecule has 4 rings (SSSR count). The van der Waals surface area contributed by atoms with Gasteiger partial charge in [0, 0.05) is 13.1 Å². The second kappa shape index (κ2) is 6.27. The first-order valence-corrected chi connectivity index (χ1v) is 10.1. The van der Waals surface area contributed by atoms with Gasteiger partial charge in [0.05, 0.1) is 5.75 Å². The van der Waals surface area contributed by atoms with Gasteiger partial charge in [0.25, 0.3) is 15.2 Å². The Kier molecular flexibility index (Phi) is 4.11. The van der Waals surface area contributed by atoms with E-state index in [0.29, 0.717) is 29.8 Å². The molecule has 1 saturated heterocycles. The SMILES string of the molecule is O=S(=O)(c1ccc(CSc2nc3ccccc3o2)o1)N1CCCC1. The molecule has 126 valence electrons. The molecule has 24 heavy (non-hydrogen) atoms. The third kappa shape index (κ3) is 2.97. The van der Waals surface area contributed by atoms with E-state index in [2.05, 4.69) is 4.98 Å². The highest BCUT2D eigenvalue weighted by Gasteiger charge is 2.29. The molecular formula is C16H16N2O4S2. The lowest BCUT2D eigenvalue weighted by atomic mass is 10.3. The van der Waals surface area contributed by atoms with Crippen molar-refractivity contribution in [3.8, 4) is 0 Å². The molecule has 1 aliphatic rings. The standard InChI is InChI=1S/C16H16N2O4S2/c19-24(20,18-9-3-4-10-18)15-8-7-12(21-15)11-23-16-17-13-5-1-2-6-14(13)22-16/h1-2,5-8H,3-4,9-11H2. The van der Waals surface area contributed by atoms with Gasteiger partial charge in [0.2, 0.25) is 5.09 Å². The summed E-state index contributed by atoms with van der Waals surface area (Å²) >= 11 is 1.38. The molecule has 2 aromatic heterocycles. The monoisotopic (exact) mass is 364 g/mol. The highest BCUT2D eigenvalue weighted by Crippen LogP contribution is 2.28. The topological polar surface area (TPSA) is 76.5 Å². The van der Waals surface area contributed by atoms with Gasteiger partial charge in [0.1, 0.15) is 11.3 Å². The minimum absolute atomic E-state index is 0.0116. The van der Waals surface area contributed by atoms with Crippen LogP contribution in [0, 0.1) is 0 Å². The number of fused-ring (bicyclic) bond motifs is 1. The summed E-state index contributed by atoms with van der Waals surface area (Å²) in [7, 11) is -3.50. The molecule has 3 heterocycles. The number of hydrogen-bond acceptors (Lipinski definition) is 6. The Hall–Kier alpha value is -1.77. The molecule has 0 unspecified atom stereocenters. The molecule has 0 saturated carbocycles. The van der Waals surface area contributed by atoms with Gasteiger partial charge >= 0.3 is 0 Å². The molecule has 1 aromatic carbocycles. The largest absolute Gasteiger partial charge is 0.447 e. The fourth-order valence-corrected chi connectivity index (χ4v) is 4.85. The smallest absolute Gasteiger partial charge is 0.276 e. The van der Waals surface area contributed by atoms with E-state index in [-0.39, 0.29) is 5.09 Å². The third-order valence-electron chi connectivity index (χ3n) is 3.91. The van der Waals surface area contributed by atoms with Crippen molar-refractivity contribution in [3.05, 3.63) is 42.2 Å². The highest BCUT2D eigenvalue weighted by molar-refractivity contribution is 7.98. The average molecular weight is 364 g/mol. The van der Waals surface area contributed by atoms with Crippen molar-refractivity contribution in [3.63, 3.8) is 0 Å². The third-order valence-corrected chi connectivity index (χ3v) is 6.53. The molecule has 1 aliphatic heterocycles. The summed E-state index contributed by atoms with van der Waals surface area (Å²) in [5, 5.41) is 0.550. The van der Waals surface area contributed by atoms with Gasteiger partial charge in [-0.05, 0) is 37.1 Å². The summed E-state index contributed by atoms with van der Waals surface area (Å²) < 4.78 is 37.5. The van der Waals surface area contributed by atoms with Crippen molar-refractivity contribution in [1.82, 2.24) is 9.29 Å². The Morgan fingerprint density at radius 1 is 1.08 bits per heavy atom. The zero-order valence-corrected chi connectivity index (χ0v) is 14.5. The normalized spacial score (nSPS) is 16.2. The van der Waals surface area contributed by atoms with Crippen molar-refractivity contribution >= 4 is 32.9 Å². The maximum atomic E-state index is 12.4. The van der Waals surface area contributed by atoms with E-state index in [1.165, 1.54) is 22.1 Å². The Morgan fingerprint density at radius 2 is 1.88 bits per heavy atom. The van der Waals surface area contributed by atoms with Crippen LogP contribution in [0.2, 0.25) is 0 Å². The fraction of sp³-hybridized carbons (Fsp3) is 0.312. The lowest BCUT2D eigenvalue weighted by Crippen LogP contribution is -2.27.